The Morgan fingerprint density at radius 3 is 2.60 bits per heavy atom. The monoisotopic (exact) mass is 90.0 g/mol. The Bertz CT molecular complexity index is 34.6. The van der Waals surface area contributed by atoms with E-state index in [9.17, 15) is 0 Å². The summed E-state index contributed by atoms with van der Waals surface area (Å²) in [5.41, 5.74) is 0. The topological polar surface area (TPSA) is 21.8 Å². The molecule has 2 nitrogen and oxygen atoms in total. The predicted molar refractivity (Wildman–Crippen MR) is 20.8 cm³/mol. The van der Waals surface area contributed by atoms with Crippen LogP contribution >= 0.6 is 0 Å². The second-order valence-electron chi connectivity index (χ2n) is 0.999. The van der Waals surface area contributed by atoms with Crippen molar-refractivity contribution in [2.45, 2.75) is 6.29 Å². The molecule has 0 spiro atoms. The summed E-state index contributed by atoms with van der Waals surface area (Å²) in [4.78, 5) is 0. The molecule has 0 aromatic heterocycles. The van der Waals surface area contributed by atoms with E-state index in [4.69, 9.17) is 4.43 Å². The largest absolute Gasteiger partial charge is 0.402 e. The number of epoxide rings is 1. The van der Waals surface area contributed by atoms with Gasteiger partial charge in [-0.05, 0) is 0 Å². The van der Waals surface area contributed by atoms with Gasteiger partial charge in [-0.2, -0.15) is 0 Å². The number of rotatable bonds is 1. The first-order valence-corrected chi connectivity index (χ1v) is 2.39. The fourth-order valence-electron chi connectivity index (χ4n) is 0.175. The summed E-state index contributed by atoms with van der Waals surface area (Å²) in [6.07, 6.45) is 0.196. The van der Waals surface area contributed by atoms with Gasteiger partial charge in [0.05, 0.1) is 6.61 Å². The lowest BCUT2D eigenvalue weighted by Crippen LogP contribution is -1.85. The molecule has 0 amide bonds. The van der Waals surface area contributed by atoms with Crippen LogP contribution in [0.2, 0.25) is 0 Å². The van der Waals surface area contributed by atoms with Crippen LogP contribution in [0.4, 0.5) is 0 Å². The van der Waals surface area contributed by atoms with Crippen molar-refractivity contribution in [2.75, 3.05) is 6.61 Å². The Morgan fingerprint density at radius 2 is 2.60 bits per heavy atom. The van der Waals surface area contributed by atoms with Crippen molar-refractivity contribution in [1.29, 1.82) is 0 Å². The summed E-state index contributed by atoms with van der Waals surface area (Å²) in [7, 11) is 0.811. The second-order valence-corrected chi connectivity index (χ2v) is 1.47. The van der Waals surface area contributed by atoms with Gasteiger partial charge in [0.2, 0.25) is 0 Å². The second kappa shape index (κ2) is 1.08. The Morgan fingerprint density at radius 1 is 2.00 bits per heavy atom. The van der Waals surface area contributed by atoms with Gasteiger partial charge in [0.15, 0.2) is 6.29 Å². The van der Waals surface area contributed by atoms with E-state index < -0.39 is 0 Å². The molecule has 1 aliphatic heterocycles. The van der Waals surface area contributed by atoms with Crippen LogP contribution in [-0.4, -0.2) is 23.4 Å². The van der Waals surface area contributed by atoms with Crippen molar-refractivity contribution in [2.24, 2.45) is 0 Å². The maximum atomic E-state index is 4.78. The molecule has 30 valence electrons. The van der Waals surface area contributed by atoms with Gasteiger partial charge < -0.3 is 9.16 Å². The minimum atomic E-state index is 0.196. The molecule has 0 aromatic rings. The molecule has 1 rings (SSSR count). The maximum absolute atomic E-state index is 4.78. The maximum Gasteiger partial charge on any atom is 0.171 e. The van der Waals surface area contributed by atoms with Crippen molar-refractivity contribution < 1.29 is 9.16 Å². The first-order valence-electron chi connectivity index (χ1n) is 1.58. The molecular weight excluding hydrogens is 84.1 g/mol. The van der Waals surface area contributed by atoms with Crippen molar-refractivity contribution in [1.82, 2.24) is 0 Å². The minimum absolute atomic E-state index is 0.196. The number of hydrogen-bond acceptors (Lipinski definition) is 2. The molecule has 1 fully saturated rings. The molecule has 0 saturated carbocycles. The Labute approximate surface area is 33.6 Å². The van der Waals surface area contributed by atoms with Crippen LogP contribution in [0.1, 0.15) is 0 Å². The van der Waals surface area contributed by atoms with E-state index in [1.165, 1.54) is 0 Å². The highest BCUT2D eigenvalue weighted by Crippen LogP contribution is 2.06. The molecule has 0 aromatic carbocycles. The van der Waals surface area contributed by atoms with Gasteiger partial charge >= 0.3 is 0 Å². The highest BCUT2D eigenvalue weighted by Gasteiger charge is 2.19. The molecule has 1 saturated heterocycles. The predicted octanol–water partition coefficient (Wildman–Crippen LogP) is -1.36. The van der Waals surface area contributed by atoms with Crippen molar-refractivity contribution in [3.63, 3.8) is 0 Å². The van der Waals surface area contributed by atoms with Gasteiger partial charge in [0, 0.05) is 0 Å². The van der Waals surface area contributed by atoms with Crippen LogP contribution in [0.5, 0.6) is 0 Å². The zero-order valence-corrected chi connectivity index (χ0v) is 5.10. The van der Waals surface area contributed by atoms with Gasteiger partial charge in [-0.1, -0.05) is 0 Å². The molecule has 0 bridgehead atoms. The average molecular weight is 90.2 g/mol. The van der Waals surface area contributed by atoms with Gasteiger partial charge in [0.1, 0.15) is 10.5 Å². The Balaban J connectivity index is 2.00. The smallest absolute Gasteiger partial charge is 0.171 e. The highest BCUT2D eigenvalue weighted by molar-refractivity contribution is 5.98. The average Bonchev–Trinajstić information content (AvgIpc) is 2.12. The lowest BCUT2D eigenvalue weighted by atomic mass is 10.9. The van der Waals surface area contributed by atoms with Gasteiger partial charge in [-0.25, -0.2) is 0 Å². The molecular formula is C2H6O2Si. The zero-order chi connectivity index (χ0) is 3.70. The van der Waals surface area contributed by atoms with E-state index >= 15 is 0 Å². The fraction of sp³-hybridized carbons (Fsp3) is 1.00. The van der Waals surface area contributed by atoms with Crippen LogP contribution in [0.25, 0.3) is 0 Å². The van der Waals surface area contributed by atoms with Crippen LogP contribution in [0.15, 0.2) is 0 Å². The van der Waals surface area contributed by atoms with Crippen molar-refractivity contribution in [3.8, 4) is 0 Å². The van der Waals surface area contributed by atoms with Gasteiger partial charge in [0.25, 0.3) is 0 Å². The first-order chi connectivity index (χ1) is 2.43. The molecule has 1 unspecified atom stereocenters. The SMILES string of the molecule is [SiH3]OC1CO1. The highest BCUT2D eigenvalue weighted by atomic mass is 28.2. The van der Waals surface area contributed by atoms with Gasteiger partial charge in [-0.3, -0.25) is 0 Å². The molecule has 1 atom stereocenters. The van der Waals surface area contributed by atoms with E-state index in [2.05, 4.69) is 4.74 Å². The van der Waals surface area contributed by atoms with Crippen molar-refractivity contribution >= 4 is 10.5 Å². The van der Waals surface area contributed by atoms with Crippen LogP contribution in [0.3, 0.4) is 0 Å². The summed E-state index contributed by atoms with van der Waals surface area (Å²) in [6, 6.07) is 0. The summed E-state index contributed by atoms with van der Waals surface area (Å²) in [6.45, 7) is 0.823. The number of ether oxygens (including phenoxy) is 1. The van der Waals surface area contributed by atoms with E-state index in [1.54, 1.807) is 0 Å². The zero-order valence-electron chi connectivity index (χ0n) is 3.10. The lowest BCUT2D eigenvalue weighted by Gasteiger charge is -1.78. The fourth-order valence-corrected chi connectivity index (χ4v) is 0.448. The van der Waals surface area contributed by atoms with E-state index in [0.717, 1.165) is 17.1 Å². The van der Waals surface area contributed by atoms with E-state index in [-0.39, 0.29) is 6.29 Å². The third kappa shape index (κ3) is 0.716. The standard InChI is InChI=1S/C2H6O2Si/c5-4-2-1-3-2/h2H,1H2,5H3. The third-order valence-corrected chi connectivity index (χ3v) is 1.09. The lowest BCUT2D eigenvalue weighted by molar-refractivity contribution is 0.194. The molecule has 5 heavy (non-hydrogen) atoms. The Kier molecular flexibility index (Phi) is 0.720. The minimum Gasteiger partial charge on any atom is -0.402 e. The molecule has 0 radical (unpaired) electrons. The summed E-state index contributed by atoms with van der Waals surface area (Å²) < 4.78 is 9.45. The first kappa shape index (κ1) is 3.33. The summed E-state index contributed by atoms with van der Waals surface area (Å²) in [5, 5.41) is 0. The van der Waals surface area contributed by atoms with Crippen LogP contribution < -0.4 is 0 Å². The van der Waals surface area contributed by atoms with Crippen molar-refractivity contribution in [3.05, 3.63) is 0 Å². The molecule has 1 heterocycles. The number of hydrogen-bond donors (Lipinski definition) is 0. The normalized spacial score (nSPS) is 34.8. The third-order valence-electron chi connectivity index (χ3n) is 0.566. The summed E-state index contributed by atoms with van der Waals surface area (Å²) >= 11 is 0. The van der Waals surface area contributed by atoms with Gasteiger partial charge in [-0.15, -0.1) is 0 Å². The molecule has 0 aliphatic carbocycles. The quantitative estimate of drug-likeness (QED) is 0.293. The van der Waals surface area contributed by atoms with Crippen LogP contribution in [0, 0.1) is 0 Å². The summed E-state index contributed by atoms with van der Waals surface area (Å²) in [5.74, 6) is 0. The van der Waals surface area contributed by atoms with Crippen LogP contribution in [-0.2, 0) is 9.16 Å². The molecule has 0 N–H and O–H groups in total. The van der Waals surface area contributed by atoms with E-state index in [1.807, 2.05) is 0 Å². The molecule has 1 aliphatic rings. The molecule has 3 heteroatoms. The van der Waals surface area contributed by atoms with E-state index in [0.29, 0.717) is 0 Å². The Hall–Kier alpha value is 0.137.